The molecule has 2 aromatic rings. The van der Waals surface area contributed by atoms with E-state index in [2.05, 4.69) is 41.8 Å². The molecule has 0 saturated heterocycles. The molecule has 4 nitrogen and oxygen atoms in total. The van der Waals surface area contributed by atoms with Crippen molar-refractivity contribution in [2.24, 2.45) is 0 Å². The molecule has 0 bridgehead atoms. The monoisotopic (exact) mass is 356 g/mol. The molecular formula is C20H24N2O2S. The Kier molecular flexibility index (Phi) is 5.76. The van der Waals surface area contributed by atoms with Gasteiger partial charge in [-0.15, -0.1) is 0 Å². The number of hydrogen-bond acceptors (Lipinski definition) is 3. The summed E-state index contributed by atoms with van der Waals surface area (Å²) in [6, 6.07) is 14.4. The average molecular weight is 356 g/mol. The zero-order chi connectivity index (χ0) is 17.6. The van der Waals surface area contributed by atoms with Crippen LogP contribution >= 0.6 is 12.2 Å². The molecule has 0 amide bonds. The second kappa shape index (κ2) is 8.21. The second-order valence-corrected chi connectivity index (χ2v) is 6.56. The van der Waals surface area contributed by atoms with Gasteiger partial charge in [0.15, 0.2) is 5.11 Å². The number of thiocarbonyl (C=S) groups is 1. The Labute approximate surface area is 154 Å². The Hall–Kier alpha value is -2.27. The van der Waals surface area contributed by atoms with Gasteiger partial charge in [0, 0.05) is 30.6 Å². The van der Waals surface area contributed by atoms with Crippen LogP contribution in [0.2, 0.25) is 0 Å². The van der Waals surface area contributed by atoms with E-state index in [1.807, 2.05) is 25.1 Å². The Bertz CT molecular complexity index is 734. The van der Waals surface area contributed by atoms with Crippen molar-refractivity contribution in [1.82, 2.24) is 10.6 Å². The van der Waals surface area contributed by atoms with Gasteiger partial charge in [0.1, 0.15) is 17.6 Å². The molecule has 1 aliphatic heterocycles. The van der Waals surface area contributed by atoms with Crippen molar-refractivity contribution in [2.45, 2.75) is 39.5 Å². The minimum atomic E-state index is 0.223. The lowest BCUT2D eigenvalue weighted by Crippen LogP contribution is -2.34. The van der Waals surface area contributed by atoms with Gasteiger partial charge in [0.2, 0.25) is 0 Å². The summed E-state index contributed by atoms with van der Waals surface area (Å²) in [6.45, 7) is 6.02. The van der Waals surface area contributed by atoms with Crippen LogP contribution in [0.1, 0.15) is 30.5 Å². The van der Waals surface area contributed by atoms with Gasteiger partial charge in [-0.1, -0.05) is 30.3 Å². The largest absolute Gasteiger partial charge is 0.494 e. The third kappa shape index (κ3) is 4.63. The van der Waals surface area contributed by atoms with Crippen molar-refractivity contribution < 1.29 is 9.47 Å². The lowest BCUT2D eigenvalue weighted by Gasteiger charge is -2.15. The van der Waals surface area contributed by atoms with E-state index >= 15 is 0 Å². The summed E-state index contributed by atoms with van der Waals surface area (Å²) in [5.41, 5.74) is 3.46. The summed E-state index contributed by atoms with van der Waals surface area (Å²) < 4.78 is 11.7. The molecule has 3 rings (SSSR count). The van der Waals surface area contributed by atoms with Crippen LogP contribution in [0.5, 0.6) is 11.5 Å². The third-order valence-electron chi connectivity index (χ3n) is 4.11. The molecule has 0 fully saturated rings. The molecule has 2 N–H and O–H groups in total. The minimum Gasteiger partial charge on any atom is -0.494 e. The molecule has 0 radical (unpaired) electrons. The van der Waals surface area contributed by atoms with Gasteiger partial charge in [0.05, 0.1) is 6.61 Å². The van der Waals surface area contributed by atoms with Crippen LogP contribution in [0, 0.1) is 0 Å². The fourth-order valence-corrected chi connectivity index (χ4v) is 3.07. The first kappa shape index (κ1) is 17.5. The van der Waals surface area contributed by atoms with Crippen LogP contribution in [0.4, 0.5) is 0 Å². The van der Waals surface area contributed by atoms with Gasteiger partial charge in [-0.05, 0) is 43.8 Å². The molecule has 1 aliphatic rings. The number of rotatable bonds is 6. The molecule has 1 atom stereocenters. The molecule has 0 saturated carbocycles. The van der Waals surface area contributed by atoms with Crippen molar-refractivity contribution >= 4 is 17.3 Å². The van der Waals surface area contributed by atoms with Gasteiger partial charge >= 0.3 is 0 Å². The van der Waals surface area contributed by atoms with E-state index < -0.39 is 0 Å². The molecule has 5 heteroatoms. The van der Waals surface area contributed by atoms with Gasteiger partial charge < -0.3 is 20.1 Å². The highest BCUT2D eigenvalue weighted by Gasteiger charge is 2.21. The van der Waals surface area contributed by atoms with Crippen LogP contribution in [-0.2, 0) is 19.5 Å². The van der Waals surface area contributed by atoms with Crippen LogP contribution < -0.4 is 20.1 Å². The standard InChI is InChI=1S/C20H24N2O2S/c1-3-23-18-10-16-9-14(2)24-19(16)11-17(18)13-22-20(25)21-12-15-7-5-4-6-8-15/h4-8,10-11,14H,3,9,12-13H2,1-2H3,(H2,21,22,25)/t14-/m0/s1. The number of fused-ring (bicyclic) bond motifs is 1. The van der Waals surface area contributed by atoms with E-state index in [1.54, 1.807) is 0 Å². The summed E-state index contributed by atoms with van der Waals surface area (Å²) >= 11 is 5.38. The lowest BCUT2D eigenvalue weighted by molar-refractivity contribution is 0.254. The van der Waals surface area contributed by atoms with Crippen LogP contribution in [-0.4, -0.2) is 17.8 Å². The highest BCUT2D eigenvalue weighted by molar-refractivity contribution is 7.80. The average Bonchev–Trinajstić information content (AvgIpc) is 2.98. The van der Waals surface area contributed by atoms with Crippen molar-refractivity contribution in [3.63, 3.8) is 0 Å². The quantitative estimate of drug-likeness (QED) is 0.775. The third-order valence-corrected chi connectivity index (χ3v) is 4.40. The Morgan fingerprint density at radius 2 is 1.96 bits per heavy atom. The van der Waals surface area contributed by atoms with Crippen molar-refractivity contribution in [1.29, 1.82) is 0 Å². The highest BCUT2D eigenvalue weighted by atomic mass is 32.1. The lowest BCUT2D eigenvalue weighted by atomic mass is 10.1. The van der Waals surface area contributed by atoms with E-state index in [1.165, 1.54) is 11.1 Å². The Morgan fingerprint density at radius 1 is 1.20 bits per heavy atom. The fraction of sp³-hybridized carbons (Fsp3) is 0.350. The van der Waals surface area contributed by atoms with E-state index in [9.17, 15) is 0 Å². The zero-order valence-electron chi connectivity index (χ0n) is 14.7. The van der Waals surface area contributed by atoms with E-state index in [4.69, 9.17) is 21.7 Å². The molecule has 0 aromatic heterocycles. The van der Waals surface area contributed by atoms with Crippen molar-refractivity contribution in [3.8, 4) is 11.5 Å². The maximum Gasteiger partial charge on any atom is 0.166 e. The van der Waals surface area contributed by atoms with Crippen molar-refractivity contribution in [2.75, 3.05) is 6.61 Å². The molecule has 25 heavy (non-hydrogen) atoms. The van der Waals surface area contributed by atoms with E-state index in [0.717, 1.165) is 23.5 Å². The summed E-state index contributed by atoms with van der Waals surface area (Å²) in [4.78, 5) is 0. The molecular weight excluding hydrogens is 332 g/mol. The zero-order valence-corrected chi connectivity index (χ0v) is 15.5. The van der Waals surface area contributed by atoms with Gasteiger partial charge in [-0.3, -0.25) is 0 Å². The van der Waals surface area contributed by atoms with Crippen molar-refractivity contribution in [3.05, 3.63) is 59.2 Å². The first-order valence-electron chi connectivity index (χ1n) is 8.66. The molecule has 0 spiro atoms. The maximum atomic E-state index is 5.86. The van der Waals surface area contributed by atoms with Gasteiger partial charge in [-0.25, -0.2) is 0 Å². The number of benzene rings is 2. The first-order valence-corrected chi connectivity index (χ1v) is 9.07. The summed E-state index contributed by atoms with van der Waals surface area (Å²) in [6.07, 6.45) is 1.15. The first-order chi connectivity index (χ1) is 12.2. The molecule has 2 aromatic carbocycles. The summed E-state index contributed by atoms with van der Waals surface area (Å²) in [7, 11) is 0. The van der Waals surface area contributed by atoms with E-state index in [-0.39, 0.29) is 6.10 Å². The van der Waals surface area contributed by atoms with Gasteiger partial charge in [-0.2, -0.15) is 0 Å². The second-order valence-electron chi connectivity index (χ2n) is 6.16. The number of hydrogen-bond donors (Lipinski definition) is 2. The van der Waals surface area contributed by atoms with E-state index in [0.29, 0.717) is 24.8 Å². The Morgan fingerprint density at radius 3 is 2.72 bits per heavy atom. The topological polar surface area (TPSA) is 42.5 Å². The predicted molar refractivity (Wildman–Crippen MR) is 104 cm³/mol. The van der Waals surface area contributed by atoms with Crippen LogP contribution in [0.15, 0.2) is 42.5 Å². The highest BCUT2D eigenvalue weighted by Crippen LogP contribution is 2.35. The number of ether oxygens (including phenoxy) is 2. The number of nitrogens with one attached hydrogen (secondary N) is 2. The normalized spacial score (nSPS) is 15.2. The van der Waals surface area contributed by atoms with Crippen LogP contribution in [0.25, 0.3) is 0 Å². The predicted octanol–water partition coefficient (Wildman–Crippen LogP) is 3.57. The molecule has 0 aliphatic carbocycles. The SMILES string of the molecule is CCOc1cc2c(cc1CNC(=S)NCc1ccccc1)O[C@@H](C)C2. The fourth-order valence-electron chi connectivity index (χ4n) is 2.93. The molecule has 132 valence electrons. The molecule has 0 unspecified atom stereocenters. The molecule has 1 heterocycles. The van der Waals surface area contributed by atoms with Gasteiger partial charge in [0.25, 0.3) is 0 Å². The maximum absolute atomic E-state index is 5.86. The smallest absolute Gasteiger partial charge is 0.166 e. The summed E-state index contributed by atoms with van der Waals surface area (Å²) in [5, 5.41) is 7.11. The minimum absolute atomic E-state index is 0.223. The summed E-state index contributed by atoms with van der Waals surface area (Å²) in [5.74, 6) is 1.85. The van der Waals surface area contributed by atoms with Crippen LogP contribution in [0.3, 0.4) is 0 Å². The Balaban J connectivity index is 1.60.